The van der Waals surface area contributed by atoms with Gasteiger partial charge < -0.3 is 10.4 Å². The van der Waals surface area contributed by atoms with Crippen molar-refractivity contribution in [3.05, 3.63) is 0 Å². The van der Waals surface area contributed by atoms with Gasteiger partial charge in [-0.2, -0.15) is 11.8 Å². The quantitative estimate of drug-likeness (QED) is 0.778. The fraction of sp³-hybridized carbons (Fsp3) is 1.00. The van der Waals surface area contributed by atoms with Gasteiger partial charge >= 0.3 is 0 Å². The number of hydrogen-bond acceptors (Lipinski definition) is 3. The highest BCUT2D eigenvalue weighted by Gasteiger charge is 2.40. The first-order valence-electron chi connectivity index (χ1n) is 7.72. The van der Waals surface area contributed by atoms with E-state index in [2.05, 4.69) is 17.1 Å². The number of nitrogens with one attached hydrogen (secondary N) is 1. The van der Waals surface area contributed by atoms with Gasteiger partial charge in [0, 0.05) is 10.8 Å². The van der Waals surface area contributed by atoms with Crippen molar-refractivity contribution in [3.63, 3.8) is 0 Å². The summed E-state index contributed by atoms with van der Waals surface area (Å²) >= 11 is 2.20. The lowest BCUT2D eigenvalue weighted by atomic mass is 9.86. The van der Waals surface area contributed by atoms with Crippen LogP contribution in [0.3, 0.4) is 0 Å². The third kappa shape index (κ3) is 3.43. The Labute approximate surface area is 116 Å². The molecule has 2 N–H and O–H groups in total. The van der Waals surface area contributed by atoms with Crippen molar-refractivity contribution < 1.29 is 5.11 Å². The molecule has 0 amide bonds. The second-order valence-electron chi connectivity index (χ2n) is 6.07. The lowest BCUT2D eigenvalue weighted by Crippen LogP contribution is -2.49. The number of likely N-dealkylation sites (N-methyl/N-ethyl adjacent to an activating group) is 1. The Kier molecular flexibility index (Phi) is 5.84. The van der Waals surface area contributed by atoms with Gasteiger partial charge in [0.15, 0.2) is 0 Å². The molecule has 0 aliphatic heterocycles. The third-order valence-electron chi connectivity index (χ3n) is 5.11. The van der Waals surface area contributed by atoms with Gasteiger partial charge in [0.25, 0.3) is 0 Å². The molecule has 2 atom stereocenters. The summed E-state index contributed by atoms with van der Waals surface area (Å²) in [6.07, 6.45) is 12.2. The van der Waals surface area contributed by atoms with Crippen molar-refractivity contribution in [2.45, 2.75) is 68.6 Å². The van der Waals surface area contributed by atoms with Crippen LogP contribution in [0.25, 0.3) is 0 Å². The first-order chi connectivity index (χ1) is 8.80. The smallest absolute Gasteiger partial charge is 0.0615 e. The second kappa shape index (κ2) is 7.16. The van der Waals surface area contributed by atoms with Crippen molar-refractivity contribution in [2.75, 3.05) is 19.4 Å². The molecule has 2 rings (SSSR count). The molecule has 2 fully saturated rings. The molecule has 18 heavy (non-hydrogen) atoms. The molecule has 0 aromatic carbocycles. The Morgan fingerprint density at radius 3 is 2.61 bits per heavy atom. The summed E-state index contributed by atoms with van der Waals surface area (Å²) in [5.41, 5.74) is 0.0348. The number of aliphatic hydroxyl groups excluding tert-OH is 1. The van der Waals surface area contributed by atoms with E-state index in [1.54, 1.807) is 0 Å². The van der Waals surface area contributed by atoms with E-state index in [0.29, 0.717) is 12.5 Å². The van der Waals surface area contributed by atoms with Crippen LogP contribution in [0.4, 0.5) is 0 Å². The highest BCUT2D eigenvalue weighted by Crippen LogP contribution is 2.39. The van der Waals surface area contributed by atoms with Gasteiger partial charge in [-0.15, -0.1) is 0 Å². The molecule has 2 aliphatic rings. The van der Waals surface area contributed by atoms with E-state index >= 15 is 0 Å². The summed E-state index contributed by atoms with van der Waals surface area (Å²) in [4.78, 5) is 0. The highest BCUT2D eigenvalue weighted by molar-refractivity contribution is 7.99. The van der Waals surface area contributed by atoms with Crippen LogP contribution in [0, 0.1) is 5.92 Å². The average molecular weight is 271 g/mol. The van der Waals surface area contributed by atoms with Gasteiger partial charge in [-0.1, -0.05) is 25.7 Å². The number of thioether (sulfide) groups is 1. The van der Waals surface area contributed by atoms with Crippen LogP contribution >= 0.6 is 11.8 Å². The minimum Gasteiger partial charge on any atom is -0.394 e. The molecule has 0 saturated heterocycles. The van der Waals surface area contributed by atoms with Crippen LogP contribution < -0.4 is 5.32 Å². The molecule has 0 heterocycles. The van der Waals surface area contributed by atoms with Crippen molar-refractivity contribution in [3.8, 4) is 0 Å². The summed E-state index contributed by atoms with van der Waals surface area (Å²) in [6.45, 7) is 0.308. The fourth-order valence-electron chi connectivity index (χ4n) is 3.79. The minimum atomic E-state index is 0.0348. The first-order valence-corrected chi connectivity index (χ1v) is 8.77. The van der Waals surface area contributed by atoms with E-state index in [-0.39, 0.29) is 5.54 Å². The van der Waals surface area contributed by atoms with Gasteiger partial charge in [0.05, 0.1) is 6.61 Å². The van der Waals surface area contributed by atoms with Gasteiger partial charge in [-0.3, -0.25) is 0 Å². The molecule has 0 aromatic heterocycles. The molecule has 0 radical (unpaired) electrons. The molecule has 0 bridgehead atoms. The molecule has 3 heteroatoms. The molecular formula is C15H29NOS. The third-order valence-corrected chi connectivity index (χ3v) is 6.52. The number of rotatable bonds is 6. The second-order valence-corrected chi connectivity index (χ2v) is 7.48. The minimum absolute atomic E-state index is 0.0348. The molecule has 2 unspecified atom stereocenters. The standard InChI is InChI=1S/C15H29NOS/c1-16-15(12-17)10-5-6-13(15)9-11-18-14-7-3-2-4-8-14/h13-14,16-17H,2-12H2,1H3. The Morgan fingerprint density at radius 1 is 1.17 bits per heavy atom. The van der Waals surface area contributed by atoms with Crippen molar-refractivity contribution >= 4 is 11.8 Å². The highest BCUT2D eigenvalue weighted by atomic mass is 32.2. The zero-order chi connectivity index (χ0) is 12.8. The largest absolute Gasteiger partial charge is 0.394 e. The van der Waals surface area contributed by atoms with Crippen molar-refractivity contribution in [1.82, 2.24) is 5.32 Å². The summed E-state index contributed by atoms with van der Waals surface area (Å²) in [7, 11) is 2.02. The van der Waals surface area contributed by atoms with Crippen molar-refractivity contribution in [2.24, 2.45) is 5.92 Å². The summed E-state index contributed by atoms with van der Waals surface area (Å²) in [5, 5.41) is 14.0. The summed E-state index contributed by atoms with van der Waals surface area (Å²) in [5.74, 6) is 1.97. The Hall–Kier alpha value is 0.270. The Morgan fingerprint density at radius 2 is 1.94 bits per heavy atom. The molecule has 2 aliphatic carbocycles. The lowest BCUT2D eigenvalue weighted by Gasteiger charge is -2.34. The zero-order valence-electron chi connectivity index (χ0n) is 11.8. The zero-order valence-corrected chi connectivity index (χ0v) is 12.6. The van der Waals surface area contributed by atoms with Crippen LogP contribution in [-0.4, -0.2) is 35.3 Å². The molecule has 2 nitrogen and oxygen atoms in total. The molecule has 106 valence electrons. The lowest BCUT2D eigenvalue weighted by molar-refractivity contribution is 0.130. The van der Waals surface area contributed by atoms with Gasteiger partial charge in [-0.25, -0.2) is 0 Å². The van der Waals surface area contributed by atoms with Crippen molar-refractivity contribution in [1.29, 1.82) is 0 Å². The van der Waals surface area contributed by atoms with E-state index in [4.69, 9.17) is 0 Å². The van der Waals surface area contributed by atoms with E-state index in [0.717, 1.165) is 11.7 Å². The summed E-state index contributed by atoms with van der Waals surface area (Å²) < 4.78 is 0. The van der Waals surface area contributed by atoms with E-state index < -0.39 is 0 Å². The van der Waals surface area contributed by atoms with Crippen LogP contribution in [0.15, 0.2) is 0 Å². The van der Waals surface area contributed by atoms with E-state index in [1.165, 1.54) is 57.1 Å². The maximum absolute atomic E-state index is 9.67. The molecular weight excluding hydrogens is 242 g/mol. The fourth-order valence-corrected chi connectivity index (χ4v) is 5.21. The number of aliphatic hydroxyl groups is 1. The predicted molar refractivity (Wildman–Crippen MR) is 80.2 cm³/mol. The molecule has 0 spiro atoms. The van der Waals surface area contributed by atoms with Crippen LogP contribution in [-0.2, 0) is 0 Å². The Bertz CT molecular complexity index is 237. The maximum Gasteiger partial charge on any atom is 0.0615 e. The van der Waals surface area contributed by atoms with Crippen LogP contribution in [0.5, 0.6) is 0 Å². The Balaban J connectivity index is 1.72. The molecule has 0 aromatic rings. The predicted octanol–water partition coefficient (Wildman–Crippen LogP) is 3.19. The van der Waals surface area contributed by atoms with Gasteiger partial charge in [-0.05, 0) is 50.8 Å². The number of hydrogen-bond donors (Lipinski definition) is 2. The SMILES string of the molecule is CNC1(CO)CCCC1CCSC1CCCCC1. The average Bonchev–Trinajstić information content (AvgIpc) is 2.84. The first kappa shape index (κ1) is 14.7. The monoisotopic (exact) mass is 271 g/mol. The molecule has 2 saturated carbocycles. The van der Waals surface area contributed by atoms with Gasteiger partial charge in [0.2, 0.25) is 0 Å². The van der Waals surface area contributed by atoms with E-state index in [9.17, 15) is 5.11 Å². The van der Waals surface area contributed by atoms with Crippen LogP contribution in [0.2, 0.25) is 0 Å². The van der Waals surface area contributed by atoms with Crippen LogP contribution in [0.1, 0.15) is 57.8 Å². The normalized spacial score (nSPS) is 34.0. The summed E-state index contributed by atoms with van der Waals surface area (Å²) in [6, 6.07) is 0. The topological polar surface area (TPSA) is 32.3 Å². The maximum atomic E-state index is 9.67. The van der Waals surface area contributed by atoms with Gasteiger partial charge in [0.1, 0.15) is 0 Å². The van der Waals surface area contributed by atoms with E-state index in [1.807, 2.05) is 7.05 Å².